The van der Waals surface area contributed by atoms with Gasteiger partial charge in [-0.1, -0.05) is 52.0 Å². The summed E-state index contributed by atoms with van der Waals surface area (Å²) in [7, 11) is 0. The van der Waals surface area contributed by atoms with Crippen molar-refractivity contribution in [3.63, 3.8) is 0 Å². The summed E-state index contributed by atoms with van der Waals surface area (Å²) in [6.45, 7) is 8.44. The van der Waals surface area contributed by atoms with Crippen molar-refractivity contribution in [1.29, 1.82) is 0 Å². The number of hydrogen-bond acceptors (Lipinski definition) is 1. The highest BCUT2D eigenvalue weighted by molar-refractivity contribution is 5.68. The molecule has 1 aromatic carbocycles. The highest BCUT2D eigenvalue weighted by atomic mass is 14.9. The zero-order chi connectivity index (χ0) is 13.8. The Kier molecular flexibility index (Phi) is 4.41. The normalized spacial score (nSPS) is 13.9. The predicted molar refractivity (Wildman–Crippen MR) is 83.6 cm³/mol. The molecule has 104 valence electrons. The molecule has 1 N–H and O–H groups in total. The maximum Gasteiger partial charge on any atom is 0.109 e. The summed E-state index contributed by atoms with van der Waals surface area (Å²) >= 11 is 0. The van der Waals surface area contributed by atoms with Crippen LogP contribution in [0.3, 0.4) is 0 Å². The van der Waals surface area contributed by atoms with Crippen molar-refractivity contribution in [2.45, 2.75) is 52.9 Å². The van der Waals surface area contributed by atoms with E-state index in [4.69, 9.17) is 4.98 Å². The number of aromatic amines is 1. The quantitative estimate of drug-likeness (QED) is 0.810. The molecule has 3 rings (SSSR count). The lowest BCUT2D eigenvalue weighted by Crippen LogP contribution is -2.02. The standard InChI is InChI=1S/C15H18N2.C2H6.H2/c1-3-10(2)15-16-13-9-8-11-6-4-5-7-12(11)14(13)17-15;1-2;/h4-7,10H,3,8-9H2,1-2H3,(H,16,17);1-2H3;1H. The first-order valence-electron chi connectivity index (χ1n) is 7.46. The van der Waals surface area contributed by atoms with Crippen molar-refractivity contribution in [1.82, 2.24) is 9.97 Å². The monoisotopic (exact) mass is 258 g/mol. The Morgan fingerprint density at radius 1 is 1.26 bits per heavy atom. The molecule has 2 heteroatoms. The van der Waals surface area contributed by atoms with Crippen molar-refractivity contribution >= 4 is 0 Å². The number of aromatic nitrogens is 2. The van der Waals surface area contributed by atoms with Gasteiger partial charge in [-0.3, -0.25) is 0 Å². The Labute approximate surface area is 117 Å². The maximum atomic E-state index is 4.81. The zero-order valence-corrected chi connectivity index (χ0v) is 12.5. The lowest BCUT2D eigenvalue weighted by atomic mass is 9.93. The average Bonchev–Trinajstić information content (AvgIpc) is 2.93. The van der Waals surface area contributed by atoms with Crippen molar-refractivity contribution in [3.8, 4) is 11.3 Å². The van der Waals surface area contributed by atoms with Gasteiger partial charge >= 0.3 is 0 Å². The molecule has 1 aliphatic carbocycles. The number of H-pyrrole nitrogens is 1. The van der Waals surface area contributed by atoms with Crippen molar-refractivity contribution in [2.24, 2.45) is 0 Å². The van der Waals surface area contributed by atoms with Crippen LogP contribution in [0.25, 0.3) is 11.3 Å². The molecule has 1 aliphatic rings. The molecule has 1 atom stereocenters. The van der Waals surface area contributed by atoms with Gasteiger partial charge in [-0.25, -0.2) is 4.98 Å². The molecule has 0 bridgehead atoms. The van der Waals surface area contributed by atoms with Crippen molar-refractivity contribution < 1.29 is 1.43 Å². The molecule has 0 radical (unpaired) electrons. The molecule has 1 unspecified atom stereocenters. The number of aryl methyl sites for hydroxylation is 2. The molecule has 0 saturated carbocycles. The van der Waals surface area contributed by atoms with Gasteiger partial charge in [0, 0.05) is 18.6 Å². The first-order chi connectivity index (χ1) is 9.29. The van der Waals surface area contributed by atoms with Crippen LogP contribution in [0.1, 0.15) is 58.5 Å². The van der Waals surface area contributed by atoms with Gasteiger partial charge in [-0.15, -0.1) is 0 Å². The largest absolute Gasteiger partial charge is 0.345 e. The molecule has 1 heterocycles. The summed E-state index contributed by atoms with van der Waals surface area (Å²) in [5.74, 6) is 1.67. The van der Waals surface area contributed by atoms with Gasteiger partial charge in [-0.05, 0) is 24.8 Å². The summed E-state index contributed by atoms with van der Waals surface area (Å²) < 4.78 is 0. The molecular weight excluding hydrogens is 232 g/mol. The Bertz CT molecular complexity index is 546. The van der Waals surface area contributed by atoms with Gasteiger partial charge in [0.05, 0.1) is 5.69 Å². The maximum absolute atomic E-state index is 4.81. The Hall–Kier alpha value is -1.57. The van der Waals surface area contributed by atoms with E-state index in [-0.39, 0.29) is 1.43 Å². The molecule has 0 aliphatic heterocycles. The molecule has 2 aromatic rings. The molecule has 0 saturated heterocycles. The fraction of sp³-hybridized carbons (Fsp3) is 0.471. The average molecular weight is 258 g/mol. The van der Waals surface area contributed by atoms with Crippen LogP contribution in [0.2, 0.25) is 0 Å². The highest BCUT2D eigenvalue weighted by Crippen LogP contribution is 2.33. The lowest BCUT2D eigenvalue weighted by Gasteiger charge is -2.14. The summed E-state index contributed by atoms with van der Waals surface area (Å²) in [5.41, 5.74) is 5.25. The predicted octanol–water partition coefficient (Wildman–Crippen LogP) is 4.96. The molecule has 19 heavy (non-hydrogen) atoms. The first-order valence-corrected chi connectivity index (χ1v) is 7.46. The summed E-state index contributed by atoms with van der Waals surface area (Å²) in [6, 6.07) is 8.63. The second kappa shape index (κ2) is 6.05. The van der Waals surface area contributed by atoms with Crippen LogP contribution in [0.5, 0.6) is 0 Å². The Balaban J connectivity index is 0.000000639. The number of benzene rings is 1. The molecule has 0 amide bonds. The van der Waals surface area contributed by atoms with Crippen LogP contribution in [-0.2, 0) is 12.8 Å². The molecule has 0 spiro atoms. The summed E-state index contributed by atoms with van der Waals surface area (Å²) in [5, 5.41) is 0. The molecule has 1 aromatic heterocycles. The number of imidazole rings is 1. The van der Waals surface area contributed by atoms with E-state index in [0.717, 1.165) is 25.1 Å². The van der Waals surface area contributed by atoms with E-state index in [0.29, 0.717) is 5.92 Å². The van der Waals surface area contributed by atoms with E-state index < -0.39 is 0 Å². The third-order valence-corrected chi connectivity index (χ3v) is 3.79. The van der Waals surface area contributed by atoms with Crippen molar-refractivity contribution in [2.75, 3.05) is 0 Å². The van der Waals surface area contributed by atoms with Gasteiger partial charge in [0.25, 0.3) is 0 Å². The van der Waals surface area contributed by atoms with Gasteiger partial charge in [0.2, 0.25) is 0 Å². The van der Waals surface area contributed by atoms with Crippen LogP contribution in [0, 0.1) is 0 Å². The zero-order valence-electron chi connectivity index (χ0n) is 12.5. The fourth-order valence-electron chi connectivity index (χ4n) is 2.49. The number of rotatable bonds is 2. The Morgan fingerprint density at radius 3 is 2.74 bits per heavy atom. The van der Waals surface area contributed by atoms with E-state index in [1.165, 1.54) is 22.5 Å². The minimum Gasteiger partial charge on any atom is -0.345 e. The molecule has 2 nitrogen and oxygen atoms in total. The van der Waals surface area contributed by atoms with Crippen LogP contribution >= 0.6 is 0 Å². The SMILES string of the molecule is CC.CCC(C)c1nc2c([nH]1)CCc1ccccc1-2.[HH]. The number of nitrogens with one attached hydrogen (secondary N) is 1. The van der Waals surface area contributed by atoms with Crippen molar-refractivity contribution in [3.05, 3.63) is 41.3 Å². The number of fused-ring (bicyclic) bond motifs is 3. The highest BCUT2D eigenvalue weighted by Gasteiger charge is 2.21. The Morgan fingerprint density at radius 2 is 2.00 bits per heavy atom. The van der Waals surface area contributed by atoms with Crippen LogP contribution in [0.4, 0.5) is 0 Å². The molecule has 0 fully saturated rings. The smallest absolute Gasteiger partial charge is 0.109 e. The van der Waals surface area contributed by atoms with E-state index in [9.17, 15) is 0 Å². The van der Waals surface area contributed by atoms with Crippen LogP contribution < -0.4 is 0 Å². The fourth-order valence-corrected chi connectivity index (χ4v) is 2.49. The summed E-state index contributed by atoms with van der Waals surface area (Å²) in [6.07, 6.45) is 3.36. The number of nitrogens with zero attached hydrogens (tertiary/aromatic N) is 1. The van der Waals surface area contributed by atoms with E-state index in [1.54, 1.807) is 0 Å². The molecular formula is C17H26N2. The minimum atomic E-state index is 0. The minimum absolute atomic E-state index is 0. The van der Waals surface area contributed by atoms with Crippen LogP contribution in [-0.4, -0.2) is 9.97 Å². The van der Waals surface area contributed by atoms with Gasteiger partial charge in [0.15, 0.2) is 0 Å². The van der Waals surface area contributed by atoms with Gasteiger partial charge in [0.1, 0.15) is 5.82 Å². The van der Waals surface area contributed by atoms with E-state index in [1.807, 2.05) is 13.8 Å². The van der Waals surface area contributed by atoms with E-state index in [2.05, 4.69) is 43.1 Å². The number of hydrogen-bond donors (Lipinski definition) is 1. The third kappa shape index (κ3) is 2.58. The second-order valence-corrected chi connectivity index (χ2v) is 4.92. The lowest BCUT2D eigenvalue weighted by molar-refractivity contribution is 0.687. The third-order valence-electron chi connectivity index (χ3n) is 3.79. The summed E-state index contributed by atoms with van der Waals surface area (Å²) in [4.78, 5) is 8.32. The van der Waals surface area contributed by atoms with Gasteiger partial charge in [-0.2, -0.15) is 0 Å². The topological polar surface area (TPSA) is 28.7 Å². The first kappa shape index (κ1) is 13.9. The van der Waals surface area contributed by atoms with Crippen LogP contribution in [0.15, 0.2) is 24.3 Å². The van der Waals surface area contributed by atoms with E-state index >= 15 is 0 Å². The van der Waals surface area contributed by atoms with Gasteiger partial charge < -0.3 is 4.98 Å². The second-order valence-electron chi connectivity index (χ2n) is 4.92.